The third-order valence-electron chi connectivity index (χ3n) is 2.77. The molecule has 2 N–H and O–H groups in total. The lowest BCUT2D eigenvalue weighted by Gasteiger charge is -2.21. The molecule has 0 aliphatic carbocycles. The predicted molar refractivity (Wildman–Crippen MR) is 86.6 cm³/mol. The summed E-state index contributed by atoms with van der Waals surface area (Å²) < 4.78 is 6.63. The first-order valence-corrected chi connectivity index (χ1v) is 7.88. The van der Waals surface area contributed by atoms with Crippen LogP contribution in [0.3, 0.4) is 0 Å². The summed E-state index contributed by atoms with van der Waals surface area (Å²) in [7, 11) is 0. The van der Waals surface area contributed by atoms with Gasteiger partial charge in [0.1, 0.15) is 17.8 Å². The number of imidazole rings is 1. The van der Waals surface area contributed by atoms with Crippen LogP contribution < -0.4 is 5.32 Å². The summed E-state index contributed by atoms with van der Waals surface area (Å²) in [5.74, 6) is -1.55. The fraction of sp³-hybridized carbons (Fsp3) is 0.615. The molecule has 24 heavy (non-hydrogen) atoms. The van der Waals surface area contributed by atoms with Gasteiger partial charge < -0.3 is 25.3 Å². The highest BCUT2D eigenvalue weighted by Crippen LogP contribution is 2.17. The molecule has 1 atom stereocenters. The zero-order valence-corrected chi connectivity index (χ0v) is 15.1. The number of halogens is 1. The van der Waals surface area contributed by atoms with Crippen LogP contribution in [0.2, 0.25) is 0 Å². The van der Waals surface area contributed by atoms with E-state index in [0.717, 1.165) is 0 Å². The molecule has 0 aliphatic heterocycles. The zero-order valence-electron chi connectivity index (χ0n) is 13.5. The molecule has 0 radical (unpaired) electrons. The molecule has 0 spiro atoms. The number of rotatable bonds is 7. The number of aliphatic carboxylic acids is 1. The van der Waals surface area contributed by atoms with E-state index >= 15 is 0 Å². The maximum atomic E-state index is 11.6. The third kappa shape index (κ3) is 6.52. The molecule has 1 aromatic rings. The Morgan fingerprint density at radius 2 is 2.17 bits per heavy atom. The molecule has 1 amide bonds. The zero-order chi connectivity index (χ0) is 18.5. The van der Waals surface area contributed by atoms with Crippen LogP contribution >= 0.6 is 15.9 Å². The minimum atomic E-state index is -1.21. The molecular weight excluding hydrogens is 388 g/mol. The van der Waals surface area contributed by atoms with Crippen LogP contribution in [0, 0.1) is 10.1 Å². The summed E-state index contributed by atoms with van der Waals surface area (Å²) in [6.45, 7) is 5.18. The van der Waals surface area contributed by atoms with E-state index in [-0.39, 0.29) is 25.3 Å². The van der Waals surface area contributed by atoms with Crippen molar-refractivity contribution < 1.29 is 24.4 Å². The van der Waals surface area contributed by atoms with Crippen molar-refractivity contribution in [3.63, 3.8) is 0 Å². The molecule has 0 saturated heterocycles. The standard InChI is InChI=1S/C13H19BrN4O6/c1-13(2,3)24-12(21)15-8(10(19)20)5-4-6-17-7-9(14)16-11(17)18(22)23/h7-8H,4-6H2,1-3H3,(H,15,21)(H,19,20)/t8-/m0/s1. The molecule has 0 fully saturated rings. The number of amides is 1. The van der Waals surface area contributed by atoms with E-state index in [1.807, 2.05) is 0 Å². The number of aromatic nitrogens is 2. The number of carboxylic acids is 1. The maximum absolute atomic E-state index is 11.6. The lowest BCUT2D eigenvalue weighted by Crippen LogP contribution is -2.43. The van der Waals surface area contributed by atoms with Crippen LogP contribution in [0.25, 0.3) is 0 Å². The third-order valence-corrected chi connectivity index (χ3v) is 3.15. The van der Waals surface area contributed by atoms with E-state index in [1.165, 1.54) is 10.8 Å². The minimum absolute atomic E-state index is 0.0849. The van der Waals surface area contributed by atoms with Crippen molar-refractivity contribution in [3.05, 3.63) is 20.9 Å². The Bertz CT molecular complexity index is 624. The molecule has 0 aliphatic rings. The van der Waals surface area contributed by atoms with Gasteiger partial charge in [-0.05, 0) is 54.5 Å². The number of alkyl carbamates (subject to hydrolysis) is 1. The van der Waals surface area contributed by atoms with E-state index in [2.05, 4.69) is 26.2 Å². The predicted octanol–water partition coefficient (Wildman–Crippen LogP) is 2.31. The van der Waals surface area contributed by atoms with Crippen LogP contribution in [0.4, 0.5) is 10.7 Å². The number of carbonyl (C=O) groups excluding carboxylic acids is 1. The summed E-state index contributed by atoms with van der Waals surface area (Å²) >= 11 is 3.05. The normalized spacial score (nSPS) is 12.5. The largest absolute Gasteiger partial charge is 0.480 e. The topological polar surface area (TPSA) is 137 Å². The Hall–Kier alpha value is -2.17. The van der Waals surface area contributed by atoms with Gasteiger partial charge in [-0.1, -0.05) is 4.98 Å². The minimum Gasteiger partial charge on any atom is -0.480 e. The van der Waals surface area contributed by atoms with E-state index in [1.54, 1.807) is 20.8 Å². The van der Waals surface area contributed by atoms with Gasteiger partial charge >= 0.3 is 18.0 Å². The molecule has 1 heterocycles. The highest BCUT2D eigenvalue weighted by Gasteiger charge is 2.24. The van der Waals surface area contributed by atoms with Gasteiger partial charge in [0.15, 0.2) is 0 Å². The summed E-state index contributed by atoms with van der Waals surface area (Å²) in [5, 5.41) is 22.3. The highest BCUT2D eigenvalue weighted by atomic mass is 79.9. The average Bonchev–Trinajstić information content (AvgIpc) is 2.76. The van der Waals surface area contributed by atoms with Crippen molar-refractivity contribution in [2.45, 2.75) is 51.8 Å². The van der Waals surface area contributed by atoms with Crippen molar-refractivity contribution in [2.75, 3.05) is 0 Å². The second-order valence-corrected chi connectivity index (χ2v) is 6.81. The Kier molecular flexibility index (Phi) is 6.70. The summed E-state index contributed by atoms with van der Waals surface area (Å²) in [4.78, 5) is 36.8. The van der Waals surface area contributed by atoms with Crippen molar-refractivity contribution in [1.82, 2.24) is 14.9 Å². The van der Waals surface area contributed by atoms with E-state index in [0.29, 0.717) is 4.60 Å². The van der Waals surface area contributed by atoms with Gasteiger partial charge in [-0.2, -0.15) is 0 Å². The number of hydrogen-bond donors (Lipinski definition) is 2. The second kappa shape index (κ2) is 8.08. The number of aryl methyl sites for hydroxylation is 1. The van der Waals surface area contributed by atoms with Crippen molar-refractivity contribution in [1.29, 1.82) is 0 Å². The van der Waals surface area contributed by atoms with Gasteiger partial charge in [-0.25, -0.2) is 14.2 Å². The van der Waals surface area contributed by atoms with Crippen LogP contribution in [-0.4, -0.2) is 43.3 Å². The van der Waals surface area contributed by atoms with E-state index in [9.17, 15) is 19.7 Å². The van der Waals surface area contributed by atoms with Gasteiger partial charge in [-0.15, -0.1) is 0 Å². The molecule has 0 bridgehead atoms. The number of nitrogens with zero attached hydrogens (tertiary/aromatic N) is 3. The van der Waals surface area contributed by atoms with Crippen molar-refractivity contribution >= 4 is 33.9 Å². The molecule has 0 saturated carbocycles. The molecule has 0 unspecified atom stereocenters. The monoisotopic (exact) mass is 406 g/mol. The lowest BCUT2D eigenvalue weighted by atomic mass is 10.1. The molecule has 0 aromatic carbocycles. The summed E-state index contributed by atoms with van der Waals surface area (Å²) in [6, 6.07) is -1.15. The first-order chi connectivity index (χ1) is 11.0. The Labute approximate surface area is 146 Å². The smallest absolute Gasteiger partial charge is 0.435 e. The van der Waals surface area contributed by atoms with Gasteiger partial charge in [0.05, 0.1) is 6.54 Å². The Balaban J connectivity index is 2.60. The summed E-state index contributed by atoms with van der Waals surface area (Å²) in [5.41, 5.74) is -0.739. The van der Waals surface area contributed by atoms with Gasteiger partial charge in [-0.3, -0.25) is 0 Å². The summed E-state index contributed by atoms with van der Waals surface area (Å²) in [6.07, 6.45) is 0.985. The molecule has 134 valence electrons. The van der Waals surface area contributed by atoms with E-state index in [4.69, 9.17) is 9.84 Å². The lowest BCUT2D eigenvalue weighted by molar-refractivity contribution is -0.396. The quantitative estimate of drug-likeness (QED) is 0.523. The second-order valence-electron chi connectivity index (χ2n) is 5.99. The Morgan fingerprint density at radius 1 is 1.54 bits per heavy atom. The molecular formula is C13H19BrN4O6. The Morgan fingerprint density at radius 3 is 2.67 bits per heavy atom. The van der Waals surface area contributed by atoms with E-state index < -0.39 is 28.6 Å². The fourth-order valence-corrected chi connectivity index (χ4v) is 2.26. The number of nitro groups is 1. The molecule has 10 nitrogen and oxygen atoms in total. The van der Waals surface area contributed by atoms with Crippen LogP contribution in [0.5, 0.6) is 0 Å². The average molecular weight is 407 g/mol. The number of carboxylic acid groups (broad SMARTS) is 1. The highest BCUT2D eigenvalue weighted by molar-refractivity contribution is 9.10. The van der Waals surface area contributed by atoms with Crippen molar-refractivity contribution in [2.24, 2.45) is 0 Å². The van der Waals surface area contributed by atoms with Crippen LogP contribution in [0.15, 0.2) is 10.8 Å². The number of carbonyl (C=O) groups is 2. The SMILES string of the molecule is CC(C)(C)OC(=O)N[C@@H](CCCn1cc(Br)nc1[N+](=O)[O-])C(=O)O. The fourth-order valence-electron chi connectivity index (χ4n) is 1.86. The van der Waals surface area contributed by atoms with Crippen LogP contribution in [-0.2, 0) is 16.1 Å². The molecule has 11 heteroatoms. The first-order valence-electron chi connectivity index (χ1n) is 7.09. The van der Waals surface area contributed by atoms with Gasteiger partial charge in [0.25, 0.3) is 0 Å². The number of hydrogen-bond acceptors (Lipinski definition) is 6. The molecule has 1 aromatic heterocycles. The van der Waals surface area contributed by atoms with Crippen molar-refractivity contribution in [3.8, 4) is 0 Å². The molecule has 1 rings (SSSR count). The van der Waals surface area contributed by atoms with Gasteiger partial charge in [0.2, 0.25) is 4.60 Å². The number of nitrogens with one attached hydrogen (secondary N) is 1. The van der Waals surface area contributed by atoms with Crippen LogP contribution in [0.1, 0.15) is 33.6 Å². The first kappa shape index (κ1) is 19.9. The number of ether oxygens (including phenoxy) is 1. The van der Waals surface area contributed by atoms with Gasteiger partial charge in [0, 0.05) is 0 Å². The maximum Gasteiger partial charge on any atom is 0.435 e.